The number of likely N-dealkylation sites (N-methyl/N-ethyl adjacent to an activating group) is 1. The van der Waals surface area contributed by atoms with Crippen LogP contribution in [0.5, 0.6) is 0 Å². The van der Waals surface area contributed by atoms with Gasteiger partial charge in [-0.05, 0) is 23.6 Å². The average molecular weight is 333 g/mol. The van der Waals surface area contributed by atoms with Gasteiger partial charge in [0.05, 0.1) is 19.4 Å². The molecule has 0 aliphatic carbocycles. The van der Waals surface area contributed by atoms with E-state index in [-0.39, 0.29) is 24.4 Å². The van der Waals surface area contributed by atoms with Gasteiger partial charge in [0.2, 0.25) is 11.8 Å². The number of hydrogen-bond donors (Lipinski definition) is 1. The van der Waals surface area contributed by atoms with Crippen LogP contribution >= 0.6 is 11.3 Å². The number of carbonyl (C=O) groups excluding carboxylic acids is 2. The molecule has 23 heavy (non-hydrogen) atoms. The van der Waals surface area contributed by atoms with Gasteiger partial charge in [-0.2, -0.15) is 0 Å². The minimum Gasteiger partial charge on any atom is -0.467 e. The molecule has 2 aromatic rings. The van der Waals surface area contributed by atoms with Gasteiger partial charge < -0.3 is 14.6 Å². The Morgan fingerprint density at radius 1 is 1.48 bits per heavy atom. The van der Waals surface area contributed by atoms with Crippen molar-refractivity contribution in [1.29, 1.82) is 0 Å². The average Bonchev–Trinajstić information content (AvgIpc) is 3.20. The lowest BCUT2D eigenvalue weighted by Crippen LogP contribution is -2.52. The quantitative estimate of drug-likeness (QED) is 0.900. The van der Waals surface area contributed by atoms with Crippen LogP contribution in [-0.4, -0.2) is 48.3 Å². The summed E-state index contributed by atoms with van der Waals surface area (Å²) in [7, 11) is 1.75. The molecule has 0 radical (unpaired) electrons. The van der Waals surface area contributed by atoms with Crippen molar-refractivity contribution in [3.05, 3.63) is 46.5 Å². The molecule has 1 saturated heterocycles. The number of amides is 2. The lowest BCUT2D eigenvalue weighted by Gasteiger charge is -2.34. The maximum Gasteiger partial charge on any atom is 0.242 e. The van der Waals surface area contributed by atoms with E-state index in [2.05, 4.69) is 5.32 Å². The van der Waals surface area contributed by atoms with Gasteiger partial charge in [-0.25, -0.2) is 0 Å². The third-order valence-corrected chi connectivity index (χ3v) is 4.79. The van der Waals surface area contributed by atoms with Crippen LogP contribution < -0.4 is 5.32 Å². The van der Waals surface area contributed by atoms with Crippen LogP contribution in [0.3, 0.4) is 0 Å². The first-order chi connectivity index (χ1) is 11.1. The molecular weight excluding hydrogens is 314 g/mol. The van der Waals surface area contributed by atoms with Crippen LogP contribution in [0.2, 0.25) is 0 Å². The molecule has 2 amide bonds. The highest BCUT2D eigenvalue weighted by Gasteiger charge is 2.33. The van der Waals surface area contributed by atoms with Gasteiger partial charge >= 0.3 is 0 Å². The third-order valence-electron chi connectivity index (χ3n) is 3.86. The minimum absolute atomic E-state index is 0.0299. The number of hydrogen-bond acceptors (Lipinski definition) is 5. The summed E-state index contributed by atoms with van der Waals surface area (Å²) in [6.07, 6.45) is 1.59. The second-order valence-corrected chi connectivity index (χ2v) is 6.49. The Balaban J connectivity index is 1.67. The first kappa shape index (κ1) is 15.8. The first-order valence-electron chi connectivity index (χ1n) is 7.46. The summed E-state index contributed by atoms with van der Waals surface area (Å²) in [5.74, 6) is 0.671. The largest absolute Gasteiger partial charge is 0.467 e. The van der Waals surface area contributed by atoms with E-state index in [1.807, 2.05) is 28.5 Å². The van der Waals surface area contributed by atoms with Gasteiger partial charge in [0, 0.05) is 25.0 Å². The summed E-state index contributed by atoms with van der Waals surface area (Å²) in [4.78, 5) is 29.2. The van der Waals surface area contributed by atoms with E-state index < -0.39 is 0 Å². The van der Waals surface area contributed by atoms with Gasteiger partial charge in [0.25, 0.3) is 0 Å². The van der Waals surface area contributed by atoms with Gasteiger partial charge in [0.1, 0.15) is 11.8 Å². The molecular formula is C16H19N3O3S. The fourth-order valence-electron chi connectivity index (χ4n) is 2.66. The lowest BCUT2D eigenvalue weighted by molar-refractivity contribution is -0.136. The molecule has 0 aromatic carbocycles. The van der Waals surface area contributed by atoms with E-state index >= 15 is 0 Å². The lowest BCUT2D eigenvalue weighted by atomic mass is 10.1. The van der Waals surface area contributed by atoms with Crippen molar-refractivity contribution in [2.24, 2.45) is 0 Å². The molecule has 3 heterocycles. The Hall–Kier alpha value is -2.12. The van der Waals surface area contributed by atoms with Crippen LogP contribution in [-0.2, 0) is 16.1 Å². The highest BCUT2D eigenvalue weighted by molar-refractivity contribution is 7.10. The predicted octanol–water partition coefficient (Wildman–Crippen LogP) is 1.47. The maximum absolute atomic E-state index is 12.5. The number of furan rings is 1. The van der Waals surface area contributed by atoms with Crippen LogP contribution in [0, 0.1) is 0 Å². The Morgan fingerprint density at radius 2 is 2.35 bits per heavy atom. The van der Waals surface area contributed by atoms with Crippen molar-refractivity contribution in [2.75, 3.05) is 26.7 Å². The van der Waals surface area contributed by atoms with Crippen LogP contribution in [0.15, 0.2) is 40.3 Å². The standard InChI is InChI=1S/C16H19N3O3S/c1-18(10-12-4-2-8-22-12)14(20)11-19-7-6-17-16(21)15(19)13-5-3-9-23-13/h2-5,8-9,15H,6-7,10-11H2,1H3,(H,17,21). The number of thiophene rings is 1. The van der Waals surface area contributed by atoms with Crippen molar-refractivity contribution >= 4 is 23.2 Å². The number of rotatable bonds is 5. The van der Waals surface area contributed by atoms with Crippen LogP contribution in [0.25, 0.3) is 0 Å². The SMILES string of the molecule is CN(Cc1ccco1)C(=O)CN1CCNC(=O)C1c1cccs1. The second-order valence-electron chi connectivity index (χ2n) is 5.51. The van der Waals surface area contributed by atoms with Crippen molar-refractivity contribution in [1.82, 2.24) is 15.1 Å². The molecule has 6 nitrogen and oxygen atoms in total. The fraction of sp³-hybridized carbons (Fsp3) is 0.375. The van der Waals surface area contributed by atoms with E-state index in [9.17, 15) is 9.59 Å². The van der Waals surface area contributed by atoms with Crippen molar-refractivity contribution < 1.29 is 14.0 Å². The topological polar surface area (TPSA) is 65.8 Å². The highest BCUT2D eigenvalue weighted by atomic mass is 32.1. The minimum atomic E-state index is -0.385. The molecule has 1 atom stereocenters. The Morgan fingerprint density at radius 3 is 3.04 bits per heavy atom. The zero-order valence-corrected chi connectivity index (χ0v) is 13.7. The monoisotopic (exact) mass is 333 g/mol. The molecule has 1 unspecified atom stereocenters. The Labute approximate surface area is 138 Å². The molecule has 2 aromatic heterocycles. The summed E-state index contributed by atoms with van der Waals surface area (Å²) in [5.41, 5.74) is 0. The van der Waals surface area contributed by atoms with E-state index in [1.54, 1.807) is 24.3 Å². The Bertz CT molecular complexity index is 654. The van der Waals surface area contributed by atoms with Crippen LogP contribution in [0.1, 0.15) is 16.7 Å². The molecule has 0 bridgehead atoms. The smallest absolute Gasteiger partial charge is 0.242 e. The first-order valence-corrected chi connectivity index (χ1v) is 8.34. The normalized spacial score (nSPS) is 18.7. The molecule has 1 fully saturated rings. The number of piperazine rings is 1. The molecule has 1 aliphatic rings. The fourth-order valence-corrected chi connectivity index (χ4v) is 3.52. The van der Waals surface area contributed by atoms with Crippen molar-refractivity contribution in [3.63, 3.8) is 0 Å². The van der Waals surface area contributed by atoms with Gasteiger partial charge in [-0.3, -0.25) is 14.5 Å². The molecule has 122 valence electrons. The molecule has 1 aliphatic heterocycles. The summed E-state index contributed by atoms with van der Waals surface area (Å²) < 4.78 is 5.27. The summed E-state index contributed by atoms with van der Waals surface area (Å²) in [6, 6.07) is 7.11. The second kappa shape index (κ2) is 6.97. The van der Waals surface area contributed by atoms with Gasteiger partial charge in [-0.15, -0.1) is 11.3 Å². The highest BCUT2D eigenvalue weighted by Crippen LogP contribution is 2.27. The zero-order chi connectivity index (χ0) is 16.2. The summed E-state index contributed by atoms with van der Waals surface area (Å²) in [5, 5.41) is 4.82. The van der Waals surface area contributed by atoms with Crippen LogP contribution in [0.4, 0.5) is 0 Å². The van der Waals surface area contributed by atoms with Gasteiger partial charge in [-0.1, -0.05) is 6.07 Å². The maximum atomic E-state index is 12.5. The molecule has 1 N–H and O–H groups in total. The number of carbonyl (C=O) groups is 2. The molecule has 7 heteroatoms. The molecule has 0 spiro atoms. The Kier molecular flexibility index (Phi) is 4.78. The van der Waals surface area contributed by atoms with E-state index in [4.69, 9.17) is 4.42 Å². The summed E-state index contributed by atoms with van der Waals surface area (Å²) in [6.45, 7) is 1.87. The predicted molar refractivity (Wildman–Crippen MR) is 86.8 cm³/mol. The number of nitrogens with one attached hydrogen (secondary N) is 1. The number of nitrogens with zero attached hydrogens (tertiary/aromatic N) is 2. The third kappa shape index (κ3) is 3.62. The zero-order valence-electron chi connectivity index (χ0n) is 12.9. The van der Waals surface area contributed by atoms with E-state index in [1.165, 1.54) is 11.3 Å². The molecule has 3 rings (SSSR count). The van der Waals surface area contributed by atoms with E-state index in [0.29, 0.717) is 19.6 Å². The van der Waals surface area contributed by atoms with E-state index in [0.717, 1.165) is 10.6 Å². The van der Waals surface area contributed by atoms with Crippen molar-refractivity contribution in [2.45, 2.75) is 12.6 Å². The summed E-state index contributed by atoms with van der Waals surface area (Å²) >= 11 is 1.53. The van der Waals surface area contributed by atoms with Gasteiger partial charge in [0.15, 0.2) is 0 Å². The molecule has 0 saturated carbocycles. The van der Waals surface area contributed by atoms with Crippen molar-refractivity contribution in [3.8, 4) is 0 Å².